The normalized spacial score (nSPS) is 21.5. The third-order valence-corrected chi connectivity index (χ3v) is 6.13. The molecule has 8 heteroatoms. The predicted octanol–water partition coefficient (Wildman–Crippen LogP) is 2.87. The van der Waals surface area contributed by atoms with Crippen LogP contribution in [0.3, 0.4) is 0 Å². The van der Waals surface area contributed by atoms with Gasteiger partial charge in [-0.05, 0) is 29.8 Å². The average molecular weight is 366 g/mol. The monoisotopic (exact) mass is 365 g/mol. The number of aromatic nitrogens is 1. The molecule has 24 heavy (non-hydrogen) atoms. The SMILES string of the molecule is N#Cc1ncccc1S(=O)(=O)N1CCC(F)(c2cccc(Cl)c2)C1. The summed E-state index contributed by atoms with van der Waals surface area (Å²) in [5, 5.41) is 9.44. The van der Waals surface area contributed by atoms with Crippen LogP contribution < -0.4 is 0 Å². The fourth-order valence-corrected chi connectivity index (χ4v) is 4.54. The lowest BCUT2D eigenvalue weighted by Gasteiger charge is -2.21. The fraction of sp³-hybridized carbons (Fsp3) is 0.250. The van der Waals surface area contributed by atoms with Crippen molar-refractivity contribution in [3.63, 3.8) is 0 Å². The van der Waals surface area contributed by atoms with Gasteiger partial charge in [0.1, 0.15) is 11.0 Å². The van der Waals surface area contributed by atoms with Gasteiger partial charge in [-0.1, -0.05) is 23.7 Å². The maximum Gasteiger partial charge on any atom is 0.246 e. The van der Waals surface area contributed by atoms with Crippen molar-refractivity contribution in [2.45, 2.75) is 17.0 Å². The van der Waals surface area contributed by atoms with Crippen LogP contribution in [0.15, 0.2) is 47.5 Å². The summed E-state index contributed by atoms with van der Waals surface area (Å²) in [5.41, 5.74) is -1.66. The first-order valence-corrected chi connectivity index (χ1v) is 8.99. The molecule has 2 aromatic rings. The summed E-state index contributed by atoms with van der Waals surface area (Å²) in [6, 6.07) is 10.8. The van der Waals surface area contributed by atoms with Crippen LogP contribution in [-0.4, -0.2) is 30.8 Å². The molecule has 5 nitrogen and oxygen atoms in total. The highest BCUT2D eigenvalue weighted by molar-refractivity contribution is 7.89. The van der Waals surface area contributed by atoms with Crippen LogP contribution in [0.1, 0.15) is 17.7 Å². The Balaban J connectivity index is 1.94. The van der Waals surface area contributed by atoms with Gasteiger partial charge in [-0.3, -0.25) is 0 Å². The molecule has 1 atom stereocenters. The standard InChI is InChI=1S/C16H13ClFN3O2S/c17-13-4-1-3-12(9-13)16(18)6-8-21(11-16)24(22,23)15-5-2-7-20-14(15)10-19/h1-5,7,9H,6,8,11H2. The Bertz CT molecular complexity index is 929. The molecule has 0 aliphatic carbocycles. The molecular formula is C16H13ClFN3O2S. The number of alkyl halides is 1. The lowest BCUT2D eigenvalue weighted by atomic mass is 9.95. The Morgan fingerprint density at radius 3 is 2.83 bits per heavy atom. The number of nitriles is 1. The third kappa shape index (κ3) is 2.88. The first-order chi connectivity index (χ1) is 11.4. The molecule has 1 aromatic heterocycles. The minimum absolute atomic E-state index is 0.0190. The molecule has 1 saturated heterocycles. The maximum absolute atomic E-state index is 15.3. The van der Waals surface area contributed by atoms with E-state index in [0.717, 1.165) is 4.31 Å². The van der Waals surface area contributed by atoms with Gasteiger partial charge >= 0.3 is 0 Å². The van der Waals surface area contributed by atoms with E-state index in [1.54, 1.807) is 24.3 Å². The van der Waals surface area contributed by atoms with E-state index < -0.39 is 15.7 Å². The molecule has 124 valence electrons. The lowest BCUT2D eigenvalue weighted by Crippen LogP contribution is -2.32. The molecule has 2 heterocycles. The van der Waals surface area contributed by atoms with Crippen LogP contribution in [0.4, 0.5) is 4.39 Å². The highest BCUT2D eigenvalue weighted by atomic mass is 35.5. The van der Waals surface area contributed by atoms with E-state index in [2.05, 4.69) is 4.98 Å². The molecule has 1 aliphatic heterocycles. The minimum atomic E-state index is -4.00. The Kier molecular flexibility index (Phi) is 4.30. The largest absolute Gasteiger partial charge is 0.246 e. The van der Waals surface area contributed by atoms with E-state index in [0.29, 0.717) is 10.6 Å². The molecule has 0 radical (unpaired) electrons. The number of pyridine rings is 1. The van der Waals surface area contributed by atoms with E-state index in [4.69, 9.17) is 16.9 Å². The van der Waals surface area contributed by atoms with Crippen molar-refractivity contribution in [2.24, 2.45) is 0 Å². The predicted molar refractivity (Wildman–Crippen MR) is 86.6 cm³/mol. The third-order valence-electron chi connectivity index (χ3n) is 4.02. The lowest BCUT2D eigenvalue weighted by molar-refractivity contribution is 0.183. The maximum atomic E-state index is 15.3. The van der Waals surface area contributed by atoms with Gasteiger partial charge in [0, 0.05) is 24.2 Å². The molecular weight excluding hydrogens is 353 g/mol. The fourth-order valence-electron chi connectivity index (χ4n) is 2.77. The van der Waals surface area contributed by atoms with Gasteiger partial charge in [-0.25, -0.2) is 17.8 Å². The van der Waals surface area contributed by atoms with Gasteiger partial charge in [-0.15, -0.1) is 0 Å². The van der Waals surface area contributed by atoms with E-state index in [9.17, 15) is 8.42 Å². The van der Waals surface area contributed by atoms with E-state index >= 15 is 4.39 Å². The molecule has 1 aliphatic rings. The van der Waals surface area contributed by atoms with Crippen molar-refractivity contribution in [3.8, 4) is 6.07 Å². The molecule has 0 spiro atoms. The number of rotatable bonds is 3. The average Bonchev–Trinajstić information content (AvgIpc) is 2.99. The smallest absolute Gasteiger partial charge is 0.244 e. The molecule has 0 saturated carbocycles. The van der Waals surface area contributed by atoms with Gasteiger partial charge in [-0.2, -0.15) is 9.57 Å². The van der Waals surface area contributed by atoms with Crippen LogP contribution in [0, 0.1) is 11.3 Å². The quantitative estimate of drug-likeness (QED) is 0.838. The van der Waals surface area contributed by atoms with Crippen LogP contribution in [-0.2, 0) is 15.7 Å². The number of halogens is 2. The summed E-state index contributed by atoms with van der Waals surface area (Å²) in [6.07, 6.45) is 1.36. The highest BCUT2D eigenvalue weighted by Crippen LogP contribution is 2.39. The van der Waals surface area contributed by atoms with Crippen LogP contribution >= 0.6 is 11.6 Å². The summed E-state index contributed by atoms with van der Waals surface area (Å²) in [7, 11) is -4.00. The van der Waals surface area contributed by atoms with Crippen molar-refractivity contribution in [2.75, 3.05) is 13.1 Å². The number of hydrogen-bond donors (Lipinski definition) is 0. The molecule has 3 rings (SSSR count). The molecule has 1 aromatic carbocycles. The van der Waals surface area contributed by atoms with Crippen LogP contribution in [0.5, 0.6) is 0 Å². The van der Waals surface area contributed by atoms with Gasteiger partial charge < -0.3 is 0 Å². The van der Waals surface area contributed by atoms with Crippen LogP contribution in [0.2, 0.25) is 5.02 Å². The van der Waals surface area contributed by atoms with Crippen molar-refractivity contribution < 1.29 is 12.8 Å². The zero-order valence-electron chi connectivity index (χ0n) is 12.5. The summed E-state index contributed by atoms with van der Waals surface area (Å²) in [4.78, 5) is 3.56. The second-order valence-corrected chi connectivity index (χ2v) is 7.87. The van der Waals surface area contributed by atoms with Gasteiger partial charge in [0.15, 0.2) is 11.4 Å². The summed E-state index contributed by atoms with van der Waals surface area (Å²) in [5.74, 6) is 0. The number of sulfonamides is 1. The van der Waals surface area contributed by atoms with Crippen LogP contribution in [0.25, 0.3) is 0 Å². The molecule has 1 fully saturated rings. The number of nitrogens with zero attached hydrogens (tertiary/aromatic N) is 3. The Morgan fingerprint density at radius 2 is 2.12 bits per heavy atom. The molecule has 0 amide bonds. The van der Waals surface area contributed by atoms with Crippen molar-refractivity contribution in [1.82, 2.24) is 9.29 Å². The Labute approximate surface area is 144 Å². The minimum Gasteiger partial charge on any atom is -0.244 e. The molecule has 1 unspecified atom stereocenters. The van der Waals surface area contributed by atoms with Crippen molar-refractivity contribution >= 4 is 21.6 Å². The Hall–Kier alpha value is -2.01. The van der Waals surface area contributed by atoms with Crippen molar-refractivity contribution in [1.29, 1.82) is 5.26 Å². The van der Waals surface area contributed by atoms with E-state index in [1.165, 1.54) is 24.4 Å². The zero-order valence-corrected chi connectivity index (χ0v) is 14.1. The van der Waals surface area contributed by atoms with Gasteiger partial charge in [0.05, 0.1) is 6.54 Å². The van der Waals surface area contributed by atoms with E-state index in [-0.39, 0.29) is 30.1 Å². The first-order valence-electron chi connectivity index (χ1n) is 7.17. The van der Waals surface area contributed by atoms with Gasteiger partial charge in [0.2, 0.25) is 10.0 Å². The zero-order chi connectivity index (χ0) is 17.4. The molecule has 0 bridgehead atoms. The van der Waals surface area contributed by atoms with E-state index in [1.807, 2.05) is 0 Å². The second kappa shape index (κ2) is 6.13. The number of hydrogen-bond acceptors (Lipinski definition) is 4. The highest BCUT2D eigenvalue weighted by Gasteiger charge is 2.45. The second-order valence-electron chi connectivity index (χ2n) is 5.53. The summed E-state index contributed by atoms with van der Waals surface area (Å²) >= 11 is 5.90. The van der Waals surface area contributed by atoms with Crippen molar-refractivity contribution in [3.05, 3.63) is 58.9 Å². The topological polar surface area (TPSA) is 74.1 Å². The first kappa shape index (κ1) is 16.8. The number of benzene rings is 1. The molecule has 0 N–H and O–H groups in total. The Morgan fingerprint density at radius 1 is 1.33 bits per heavy atom. The van der Waals surface area contributed by atoms with Gasteiger partial charge in [0.25, 0.3) is 0 Å². The summed E-state index contributed by atoms with van der Waals surface area (Å²) in [6.45, 7) is -0.305. The summed E-state index contributed by atoms with van der Waals surface area (Å²) < 4.78 is 41.8.